The minimum absolute atomic E-state index is 0.742. The van der Waals surface area contributed by atoms with E-state index in [9.17, 15) is 0 Å². The Bertz CT molecular complexity index is 1410. The van der Waals surface area contributed by atoms with Crippen molar-refractivity contribution in [2.24, 2.45) is 0 Å². The third-order valence-corrected chi connectivity index (χ3v) is 5.58. The molecule has 0 fully saturated rings. The molecule has 6 nitrogen and oxygen atoms in total. The number of fused-ring (bicyclic) bond motifs is 1. The fourth-order valence-electron chi connectivity index (χ4n) is 3.93. The first-order valence-corrected chi connectivity index (χ1v) is 10.3. The molecule has 158 valence electrons. The first-order valence-electron chi connectivity index (χ1n) is 10.3. The highest BCUT2D eigenvalue weighted by atomic mass is 16.5. The van der Waals surface area contributed by atoms with Crippen LogP contribution < -0.4 is 15.8 Å². The highest BCUT2D eigenvalue weighted by Gasteiger charge is 2.14. The molecule has 0 spiro atoms. The Balaban J connectivity index is 1.74. The van der Waals surface area contributed by atoms with Crippen LogP contribution in [0.1, 0.15) is 0 Å². The number of methoxy groups -OCH3 is 1. The van der Waals surface area contributed by atoms with E-state index in [2.05, 4.69) is 62.4 Å². The van der Waals surface area contributed by atoms with Crippen LogP contribution >= 0.6 is 0 Å². The number of aromatic nitrogens is 3. The van der Waals surface area contributed by atoms with Gasteiger partial charge in [-0.3, -0.25) is 0 Å². The van der Waals surface area contributed by atoms with Gasteiger partial charge in [-0.05, 0) is 47.0 Å². The standard InChI is InChI=1S/C26H23N5O/c1-28-25-14-26(30-16-29-25)31-15-23(17-6-9-21(32-2)10-7-17)22-11-8-19(13-24(22)31)18-4-3-5-20(27)12-18/h3-16H,27H2,1-2H3,(H,28,29,30). The van der Waals surface area contributed by atoms with Crippen molar-refractivity contribution in [2.75, 3.05) is 25.2 Å². The lowest BCUT2D eigenvalue weighted by atomic mass is 10.0. The molecule has 0 saturated carbocycles. The minimum atomic E-state index is 0.742. The van der Waals surface area contributed by atoms with Crippen molar-refractivity contribution in [1.29, 1.82) is 0 Å². The molecule has 3 N–H and O–H groups in total. The predicted molar refractivity (Wildman–Crippen MR) is 130 cm³/mol. The summed E-state index contributed by atoms with van der Waals surface area (Å²) in [6.45, 7) is 0. The Morgan fingerprint density at radius 1 is 0.875 bits per heavy atom. The number of nitrogen functional groups attached to an aromatic ring is 1. The quantitative estimate of drug-likeness (QED) is 0.372. The van der Waals surface area contributed by atoms with Crippen molar-refractivity contribution < 1.29 is 4.74 Å². The number of hydrogen-bond donors (Lipinski definition) is 2. The zero-order valence-corrected chi connectivity index (χ0v) is 17.9. The summed E-state index contributed by atoms with van der Waals surface area (Å²) < 4.78 is 7.43. The number of ether oxygens (including phenoxy) is 1. The molecule has 0 amide bonds. The number of nitrogens with two attached hydrogens (primary N) is 1. The van der Waals surface area contributed by atoms with E-state index in [4.69, 9.17) is 10.5 Å². The molecule has 6 heteroatoms. The summed E-state index contributed by atoms with van der Waals surface area (Å²) in [5, 5.41) is 4.22. The Kier molecular flexibility index (Phi) is 4.95. The van der Waals surface area contributed by atoms with Gasteiger partial charge in [0.25, 0.3) is 0 Å². The molecule has 2 aromatic heterocycles. The molecule has 2 heterocycles. The summed E-state index contributed by atoms with van der Waals surface area (Å²) in [5.41, 5.74) is 12.2. The zero-order chi connectivity index (χ0) is 22.1. The molecule has 0 atom stereocenters. The average Bonchev–Trinajstić information content (AvgIpc) is 3.23. The van der Waals surface area contributed by atoms with Crippen LogP contribution in [-0.4, -0.2) is 28.7 Å². The van der Waals surface area contributed by atoms with Gasteiger partial charge in [-0.15, -0.1) is 0 Å². The molecule has 3 aromatic carbocycles. The zero-order valence-electron chi connectivity index (χ0n) is 17.9. The van der Waals surface area contributed by atoms with Crippen molar-refractivity contribution in [3.63, 3.8) is 0 Å². The molecule has 0 aliphatic carbocycles. The Morgan fingerprint density at radius 2 is 1.66 bits per heavy atom. The van der Waals surface area contributed by atoms with Crippen molar-refractivity contribution in [3.05, 3.63) is 85.3 Å². The molecular formula is C26H23N5O. The summed E-state index contributed by atoms with van der Waals surface area (Å²) in [6, 6.07) is 24.4. The number of hydrogen-bond acceptors (Lipinski definition) is 5. The first kappa shape index (κ1) is 19.6. The van der Waals surface area contributed by atoms with E-state index in [0.29, 0.717) is 0 Å². The Morgan fingerprint density at radius 3 is 2.41 bits per heavy atom. The van der Waals surface area contributed by atoms with Gasteiger partial charge >= 0.3 is 0 Å². The summed E-state index contributed by atoms with van der Waals surface area (Å²) in [7, 11) is 3.52. The van der Waals surface area contributed by atoms with Gasteiger partial charge in [0, 0.05) is 35.9 Å². The fourth-order valence-corrected chi connectivity index (χ4v) is 3.93. The predicted octanol–water partition coefficient (Wildman–Crippen LogP) is 5.39. The lowest BCUT2D eigenvalue weighted by Gasteiger charge is -2.08. The summed E-state index contributed by atoms with van der Waals surface area (Å²) >= 11 is 0. The second-order valence-electron chi connectivity index (χ2n) is 7.51. The van der Waals surface area contributed by atoms with Crippen LogP contribution in [0.4, 0.5) is 11.5 Å². The van der Waals surface area contributed by atoms with Gasteiger partial charge in [-0.2, -0.15) is 0 Å². The number of rotatable bonds is 5. The van der Waals surface area contributed by atoms with Gasteiger partial charge in [-0.1, -0.05) is 36.4 Å². The first-order chi connectivity index (χ1) is 15.7. The van der Waals surface area contributed by atoms with Crippen molar-refractivity contribution in [1.82, 2.24) is 14.5 Å². The smallest absolute Gasteiger partial charge is 0.142 e. The monoisotopic (exact) mass is 421 g/mol. The SMILES string of the molecule is CNc1cc(-n2cc(-c3ccc(OC)cc3)c3ccc(-c4cccc(N)c4)cc32)ncn1. The van der Waals surface area contributed by atoms with Crippen LogP contribution in [0.25, 0.3) is 39.0 Å². The summed E-state index contributed by atoms with van der Waals surface area (Å²) in [5.74, 6) is 2.38. The highest BCUT2D eigenvalue weighted by molar-refractivity contribution is 5.99. The Hall–Kier alpha value is -4.32. The van der Waals surface area contributed by atoms with Crippen LogP contribution in [0.5, 0.6) is 5.75 Å². The molecule has 0 bridgehead atoms. The number of nitrogens with one attached hydrogen (secondary N) is 1. The van der Waals surface area contributed by atoms with Gasteiger partial charge in [0.15, 0.2) is 0 Å². The van der Waals surface area contributed by atoms with E-state index in [1.165, 1.54) is 0 Å². The molecule has 0 unspecified atom stereocenters. The molecule has 0 saturated heterocycles. The second-order valence-corrected chi connectivity index (χ2v) is 7.51. The van der Waals surface area contributed by atoms with Crippen molar-refractivity contribution >= 4 is 22.4 Å². The van der Waals surface area contributed by atoms with Crippen LogP contribution in [0, 0.1) is 0 Å². The molecule has 0 aliphatic heterocycles. The van der Waals surface area contributed by atoms with E-state index in [0.717, 1.165) is 56.2 Å². The van der Waals surface area contributed by atoms with Crippen LogP contribution in [-0.2, 0) is 0 Å². The van der Waals surface area contributed by atoms with Gasteiger partial charge in [0.05, 0.1) is 12.6 Å². The molecular weight excluding hydrogens is 398 g/mol. The van der Waals surface area contributed by atoms with Crippen LogP contribution in [0.2, 0.25) is 0 Å². The summed E-state index contributed by atoms with van der Waals surface area (Å²) in [4.78, 5) is 8.79. The molecule has 32 heavy (non-hydrogen) atoms. The van der Waals surface area contributed by atoms with E-state index in [1.54, 1.807) is 13.4 Å². The average molecular weight is 422 g/mol. The second kappa shape index (κ2) is 8.07. The number of anilines is 2. The third kappa shape index (κ3) is 3.52. The van der Waals surface area contributed by atoms with E-state index in [-0.39, 0.29) is 0 Å². The maximum atomic E-state index is 6.03. The Labute approximate surface area is 186 Å². The molecule has 0 radical (unpaired) electrons. The van der Waals surface area contributed by atoms with E-state index < -0.39 is 0 Å². The van der Waals surface area contributed by atoms with Crippen LogP contribution in [0.15, 0.2) is 85.3 Å². The van der Waals surface area contributed by atoms with Gasteiger partial charge < -0.3 is 20.4 Å². The topological polar surface area (TPSA) is 78.0 Å². The molecule has 5 aromatic rings. The number of nitrogens with zero attached hydrogens (tertiary/aromatic N) is 3. The minimum Gasteiger partial charge on any atom is -0.497 e. The summed E-state index contributed by atoms with van der Waals surface area (Å²) in [6.07, 6.45) is 3.69. The van der Waals surface area contributed by atoms with Gasteiger partial charge in [-0.25, -0.2) is 9.97 Å². The van der Waals surface area contributed by atoms with E-state index >= 15 is 0 Å². The van der Waals surface area contributed by atoms with E-state index in [1.807, 2.05) is 43.4 Å². The number of benzene rings is 3. The lowest BCUT2D eigenvalue weighted by molar-refractivity contribution is 0.415. The molecule has 0 aliphatic rings. The largest absolute Gasteiger partial charge is 0.497 e. The lowest BCUT2D eigenvalue weighted by Crippen LogP contribution is -2.00. The van der Waals surface area contributed by atoms with Gasteiger partial charge in [0.1, 0.15) is 23.7 Å². The normalized spacial score (nSPS) is 10.9. The highest BCUT2D eigenvalue weighted by Crippen LogP contribution is 2.36. The maximum absolute atomic E-state index is 6.03. The maximum Gasteiger partial charge on any atom is 0.142 e. The molecule has 5 rings (SSSR count). The van der Waals surface area contributed by atoms with Crippen molar-refractivity contribution in [2.45, 2.75) is 0 Å². The third-order valence-electron chi connectivity index (χ3n) is 5.58. The van der Waals surface area contributed by atoms with Crippen molar-refractivity contribution in [3.8, 4) is 33.8 Å². The van der Waals surface area contributed by atoms with Gasteiger partial charge in [0.2, 0.25) is 0 Å². The van der Waals surface area contributed by atoms with Crippen LogP contribution in [0.3, 0.4) is 0 Å². The fraction of sp³-hybridized carbons (Fsp3) is 0.0769.